The van der Waals surface area contributed by atoms with E-state index in [9.17, 15) is 4.39 Å². The van der Waals surface area contributed by atoms with E-state index in [2.05, 4.69) is 9.97 Å². The summed E-state index contributed by atoms with van der Waals surface area (Å²) in [6.07, 6.45) is 1.45. The summed E-state index contributed by atoms with van der Waals surface area (Å²) in [6, 6.07) is 4.65. The normalized spacial score (nSPS) is 11.0. The lowest BCUT2D eigenvalue weighted by Gasteiger charge is -2.10. The lowest BCUT2D eigenvalue weighted by molar-refractivity contribution is 0.454. The molecule has 0 amide bonds. The number of hydrogen-bond acceptors (Lipinski definition) is 5. The van der Waals surface area contributed by atoms with E-state index in [1.807, 2.05) is 13.8 Å². The average Bonchev–Trinajstić information content (AvgIpc) is 2.75. The van der Waals surface area contributed by atoms with E-state index >= 15 is 0 Å². The van der Waals surface area contributed by atoms with Crippen LogP contribution in [0.1, 0.15) is 16.0 Å². The quantitative estimate of drug-likeness (QED) is 0.801. The molecule has 0 aliphatic heterocycles. The van der Waals surface area contributed by atoms with Crippen LogP contribution in [0.3, 0.4) is 0 Å². The van der Waals surface area contributed by atoms with Gasteiger partial charge in [0.1, 0.15) is 22.7 Å². The van der Waals surface area contributed by atoms with E-state index in [4.69, 9.17) is 10.5 Å². The van der Waals surface area contributed by atoms with Gasteiger partial charge in [-0.15, -0.1) is 11.3 Å². The van der Waals surface area contributed by atoms with Gasteiger partial charge in [0.25, 0.3) is 0 Å². The maximum Gasteiger partial charge on any atom is 0.231 e. The molecule has 0 radical (unpaired) electrons. The highest BCUT2D eigenvalue weighted by Gasteiger charge is 2.16. The first-order valence-corrected chi connectivity index (χ1v) is 7.29. The average molecular weight is 303 g/mol. The minimum absolute atomic E-state index is 0.0673. The van der Waals surface area contributed by atoms with Crippen molar-refractivity contribution in [2.45, 2.75) is 20.4 Å². The molecule has 0 fully saturated rings. The Morgan fingerprint density at radius 2 is 2.10 bits per heavy atom. The minimum Gasteiger partial charge on any atom is -0.438 e. The molecule has 0 saturated carbocycles. The van der Waals surface area contributed by atoms with Crippen molar-refractivity contribution < 1.29 is 9.13 Å². The highest BCUT2D eigenvalue weighted by Crippen LogP contribution is 2.36. The Labute approximate surface area is 125 Å². The van der Waals surface area contributed by atoms with E-state index in [1.54, 1.807) is 23.5 Å². The summed E-state index contributed by atoms with van der Waals surface area (Å²) in [5.41, 5.74) is 7.02. The summed E-state index contributed by atoms with van der Waals surface area (Å²) in [6.45, 7) is 4.09. The number of thiophene rings is 1. The first kappa shape index (κ1) is 13.9. The smallest absolute Gasteiger partial charge is 0.231 e. The Kier molecular flexibility index (Phi) is 3.57. The second-order valence-electron chi connectivity index (χ2n) is 4.66. The molecule has 0 aliphatic rings. The van der Waals surface area contributed by atoms with E-state index in [1.165, 1.54) is 12.4 Å². The van der Waals surface area contributed by atoms with Crippen molar-refractivity contribution in [1.82, 2.24) is 9.97 Å². The number of fused-ring (bicyclic) bond motifs is 1. The third-order valence-corrected chi connectivity index (χ3v) is 4.53. The highest BCUT2D eigenvalue weighted by atomic mass is 32.1. The number of aryl methyl sites for hydroxylation is 2. The van der Waals surface area contributed by atoms with Crippen molar-refractivity contribution >= 4 is 21.6 Å². The predicted octanol–water partition coefficient (Wildman–Crippen LogP) is 3.70. The summed E-state index contributed by atoms with van der Waals surface area (Å²) in [5.74, 6) is 0.446. The van der Waals surface area contributed by atoms with Crippen LogP contribution in [-0.2, 0) is 6.54 Å². The molecule has 0 bridgehead atoms. The molecule has 4 nitrogen and oxygen atoms in total. The van der Waals surface area contributed by atoms with Crippen LogP contribution in [0.2, 0.25) is 0 Å². The van der Waals surface area contributed by atoms with Crippen LogP contribution in [-0.4, -0.2) is 9.97 Å². The molecule has 108 valence electrons. The highest BCUT2D eigenvalue weighted by molar-refractivity contribution is 7.18. The number of hydrogen-bond donors (Lipinski definition) is 1. The van der Waals surface area contributed by atoms with Gasteiger partial charge >= 0.3 is 0 Å². The molecule has 0 aliphatic carbocycles. The Morgan fingerprint density at radius 3 is 2.86 bits per heavy atom. The zero-order valence-corrected chi connectivity index (χ0v) is 12.5. The molecule has 1 aromatic carbocycles. The van der Waals surface area contributed by atoms with Gasteiger partial charge in [-0.05, 0) is 31.5 Å². The number of benzene rings is 1. The Hall–Kier alpha value is -2.05. The number of nitrogens with two attached hydrogens (primary N) is 1. The van der Waals surface area contributed by atoms with Gasteiger partial charge in [0.2, 0.25) is 5.88 Å². The van der Waals surface area contributed by atoms with Crippen LogP contribution < -0.4 is 10.5 Å². The molecular weight excluding hydrogens is 289 g/mol. The van der Waals surface area contributed by atoms with Gasteiger partial charge in [-0.25, -0.2) is 14.4 Å². The van der Waals surface area contributed by atoms with Crippen LogP contribution >= 0.6 is 11.3 Å². The molecule has 3 aromatic rings. The van der Waals surface area contributed by atoms with Crippen LogP contribution in [0.15, 0.2) is 24.5 Å². The molecule has 2 aromatic heterocycles. The topological polar surface area (TPSA) is 61.0 Å². The fraction of sp³-hybridized carbons (Fsp3) is 0.200. The Balaban J connectivity index is 2.13. The Morgan fingerprint density at radius 1 is 1.29 bits per heavy atom. The molecule has 0 atom stereocenters. The zero-order valence-electron chi connectivity index (χ0n) is 11.7. The van der Waals surface area contributed by atoms with Crippen molar-refractivity contribution in [3.8, 4) is 11.6 Å². The number of rotatable bonds is 3. The first-order chi connectivity index (χ1) is 10.1. The predicted molar refractivity (Wildman–Crippen MR) is 81.3 cm³/mol. The number of ether oxygens (including phenoxy) is 1. The molecule has 0 saturated heterocycles. The van der Waals surface area contributed by atoms with Gasteiger partial charge in [0.05, 0.1) is 5.39 Å². The second kappa shape index (κ2) is 5.38. The van der Waals surface area contributed by atoms with Crippen LogP contribution in [0.5, 0.6) is 11.6 Å². The standard InChI is InChI=1S/C15H14FN3OS/c1-8-9(2)21-15-13(8)14(18-7-19-15)20-12-5-3-4-11(16)10(12)6-17/h3-5,7H,6,17H2,1-2H3. The van der Waals surface area contributed by atoms with E-state index < -0.39 is 0 Å². The summed E-state index contributed by atoms with van der Waals surface area (Å²) >= 11 is 1.59. The third-order valence-electron chi connectivity index (χ3n) is 3.42. The summed E-state index contributed by atoms with van der Waals surface area (Å²) in [5, 5.41) is 0.868. The van der Waals surface area contributed by atoms with Crippen LogP contribution in [0.4, 0.5) is 4.39 Å². The van der Waals surface area contributed by atoms with E-state index in [0.29, 0.717) is 17.2 Å². The zero-order chi connectivity index (χ0) is 15.0. The molecule has 0 spiro atoms. The third kappa shape index (κ3) is 2.36. The van der Waals surface area contributed by atoms with Crippen molar-refractivity contribution in [3.05, 3.63) is 46.3 Å². The molecule has 6 heteroatoms. The number of aromatic nitrogens is 2. The van der Waals surface area contributed by atoms with Gasteiger partial charge < -0.3 is 10.5 Å². The molecule has 2 heterocycles. The molecular formula is C15H14FN3OS. The fourth-order valence-corrected chi connectivity index (χ4v) is 3.15. The second-order valence-corrected chi connectivity index (χ2v) is 5.87. The first-order valence-electron chi connectivity index (χ1n) is 6.47. The van der Waals surface area contributed by atoms with Crippen LogP contribution in [0.25, 0.3) is 10.2 Å². The lowest BCUT2D eigenvalue weighted by atomic mass is 10.2. The number of halogens is 1. The van der Waals surface area contributed by atoms with Crippen molar-refractivity contribution in [2.24, 2.45) is 5.73 Å². The largest absolute Gasteiger partial charge is 0.438 e. The summed E-state index contributed by atoms with van der Waals surface area (Å²) in [7, 11) is 0. The number of nitrogens with zero attached hydrogens (tertiary/aromatic N) is 2. The molecule has 0 unspecified atom stereocenters. The van der Waals surface area contributed by atoms with Gasteiger partial charge in [0, 0.05) is 17.0 Å². The molecule has 3 rings (SSSR count). The van der Waals surface area contributed by atoms with Gasteiger partial charge in [-0.1, -0.05) is 6.07 Å². The monoisotopic (exact) mass is 303 g/mol. The fourth-order valence-electron chi connectivity index (χ4n) is 2.16. The van der Waals surface area contributed by atoms with Gasteiger partial charge in [-0.3, -0.25) is 0 Å². The van der Waals surface area contributed by atoms with Gasteiger partial charge in [-0.2, -0.15) is 0 Å². The SMILES string of the molecule is Cc1sc2ncnc(Oc3cccc(F)c3CN)c2c1C. The lowest BCUT2D eigenvalue weighted by Crippen LogP contribution is -2.03. The molecule has 2 N–H and O–H groups in total. The van der Waals surface area contributed by atoms with Crippen LogP contribution in [0, 0.1) is 19.7 Å². The van der Waals surface area contributed by atoms with Gasteiger partial charge in [0.15, 0.2) is 0 Å². The maximum absolute atomic E-state index is 13.8. The Bertz CT molecular complexity index is 816. The van der Waals surface area contributed by atoms with Crippen molar-refractivity contribution in [3.63, 3.8) is 0 Å². The van der Waals surface area contributed by atoms with E-state index in [-0.39, 0.29) is 12.4 Å². The van der Waals surface area contributed by atoms with Crippen molar-refractivity contribution in [2.75, 3.05) is 0 Å². The summed E-state index contributed by atoms with van der Waals surface area (Å²) in [4.78, 5) is 10.5. The maximum atomic E-state index is 13.8. The summed E-state index contributed by atoms with van der Waals surface area (Å²) < 4.78 is 19.6. The van der Waals surface area contributed by atoms with E-state index in [0.717, 1.165) is 20.7 Å². The van der Waals surface area contributed by atoms with Crippen molar-refractivity contribution in [1.29, 1.82) is 0 Å². The minimum atomic E-state index is -0.376. The molecule has 21 heavy (non-hydrogen) atoms.